The second-order valence-corrected chi connectivity index (χ2v) is 8.20. The van der Waals surface area contributed by atoms with Crippen molar-refractivity contribution in [3.63, 3.8) is 0 Å². The van der Waals surface area contributed by atoms with E-state index in [2.05, 4.69) is 42.6 Å². The van der Waals surface area contributed by atoms with E-state index in [4.69, 9.17) is 9.15 Å². The maximum atomic E-state index is 12.7. The van der Waals surface area contributed by atoms with Gasteiger partial charge in [0.05, 0.1) is 13.4 Å². The highest BCUT2D eigenvalue weighted by molar-refractivity contribution is 6.05. The van der Waals surface area contributed by atoms with Crippen molar-refractivity contribution in [2.75, 3.05) is 12.4 Å². The van der Waals surface area contributed by atoms with Crippen LogP contribution in [0.3, 0.4) is 0 Å². The lowest BCUT2D eigenvalue weighted by Crippen LogP contribution is -2.10. The SMILES string of the molecule is COc1cc2occ(-c3ccc(C)cc3)c2cc1/C(C)=C/C(=O)Nc1ccc(C)cc1C. The number of methoxy groups -OCH3 is 1. The van der Waals surface area contributed by atoms with Gasteiger partial charge in [-0.25, -0.2) is 0 Å². The van der Waals surface area contributed by atoms with E-state index >= 15 is 0 Å². The fraction of sp³-hybridized carbons (Fsp3) is 0.179. The van der Waals surface area contributed by atoms with Crippen LogP contribution in [0.2, 0.25) is 0 Å². The molecule has 1 heterocycles. The van der Waals surface area contributed by atoms with E-state index in [1.54, 1.807) is 19.4 Å². The van der Waals surface area contributed by atoms with E-state index in [-0.39, 0.29) is 5.91 Å². The molecule has 0 aliphatic carbocycles. The second kappa shape index (κ2) is 8.75. The number of carbonyl (C=O) groups excluding carboxylic acids is 1. The van der Waals surface area contributed by atoms with Crippen molar-refractivity contribution in [3.05, 3.63) is 89.2 Å². The quantitative estimate of drug-likeness (QED) is 0.348. The third-order valence-electron chi connectivity index (χ3n) is 5.67. The highest BCUT2D eigenvalue weighted by atomic mass is 16.5. The first-order valence-corrected chi connectivity index (χ1v) is 10.6. The molecule has 0 atom stereocenters. The number of carbonyl (C=O) groups is 1. The van der Waals surface area contributed by atoms with Gasteiger partial charge >= 0.3 is 0 Å². The summed E-state index contributed by atoms with van der Waals surface area (Å²) in [5.74, 6) is 0.484. The Morgan fingerprint density at radius 3 is 2.38 bits per heavy atom. The van der Waals surface area contributed by atoms with Crippen molar-refractivity contribution in [1.82, 2.24) is 0 Å². The Morgan fingerprint density at radius 1 is 0.969 bits per heavy atom. The van der Waals surface area contributed by atoms with Crippen LogP contribution in [0.25, 0.3) is 27.7 Å². The van der Waals surface area contributed by atoms with Crippen LogP contribution in [-0.2, 0) is 4.79 Å². The Kier molecular flexibility index (Phi) is 5.87. The molecule has 0 unspecified atom stereocenters. The highest BCUT2D eigenvalue weighted by Crippen LogP contribution is 2.37. The first-order chi connectivity index (χ1) is 15.4. The summed E-state index contributed by atoms with van der Waals surface area (Å²) in [6.45, 7) is 8.00. The van der Waals surface area contributed by atoms with Gasteiger partial charge in [0.25, 0.3) is 0 Å². The molecule has 4 rings (SSSR count). The van der Waals surface area contributed by atoms with E-state index in [0.717, 1.165) is 50.0 Å². The number of nitrogens with one attached hydrogen (secondary N) is 1. The molecule has 0 aliphatic rings. The van der Waals surface area contributed by atoms with E-state index < -0.39 is 0 Å². The summed E-state index contributed by atoms with van der Waals surface area (Å²) in [5, 5.41) is 3.95. The molecule has 0 bridgehead atoms. The molecule has 0 radical (unpaired) electrons. The lowest BCUT2D eigenvalue weighted by molar-refractivity contribution is -0.111. The predicted octanol–water partition coefficient (Wildman–Crippen LogP) is 7.08. The zero-order chi connectivity index (χ0) is 22.8. The van der Waals surface area contributed by atoms with Gasteiger partial charge in [-0.15, -0.1) is 0 Å². The van der Waals surface area contributed by atoms with Gasteiger partial charge in [-0.1, -0.05) is 47.5 Å². The number of allylic oxidation sites excluding steroid dienone is 1. The van der Waals surface area contributed by atoms with Crippen molar-refractivity contribution in [1.29, 1.82) is 0 Å². The minimum Gasteiger partial charge on any atom is -0.496 e. The molecule has 0 saturated carbocycles. The highest BCUT2D eigenvalue weighted by Gasteiger charge is 2.15. The third kappa shape index (κ3) is 4.30. The summed E-state index contributed by atoms with van der Waals surface area (Å²) in [6.07, 6.45) is 3.37. The van der Waals surface area contributed by atoms with Crippen LogP contribution in [0, 0.1) is 20.8 Å². The Labute approximate surface area is 188 Å². The first-order valence-electron chi connectivity index (χ1n) is 10.6. The molecular formula is C28H27NO3. The van der Waals surface area contributed by atoms with E-state index in [1.165, 1.54) is 5.56 Å². The van der Waals surface area contributed by atoms with Crippen molar-refractivity contribution >= 4 is 28.1 Å². The summed E-state index contributed by atoms with van der Waals surface area (Å²) < 4.78 is 11.4. The van der Waals surface area contributed by atoms with Gasteiger partial charge in [-0.05, 0) is 56.5 Å². The first kappa shape index (κ1) is 21.4. The lowest BCUT2D eigenvalue weighted by Gasteiger charge is -2.11. The van der Waals surface area contributed by atoms with Gasteiger partial charge in [-0.2, -0.15) is 0 Å². The van der Waals surface area contributed by atoms with Gasteiger partial charge < -0.3 is 14.5 Å². The number of furan rings is 1. The number of anilines is 1. The molecule has 1 N–H and O–H groups in total. The minimum atomic E-state index is -0.178. The fourth-order valence-corrected chi connectivity index (χ4v) is 3.89. The van der Waals surface area contributed by atoms with Crippen LogP contribution in [0.4, 0.5) is 5.69 Å². The summed E-state index contributed by atoms with van der Waals surface area (Å²) >= 11 is 0. The Hall–Kier alpha value is -3.79. The molecule has 0 aliphatic heterocycles. The Balaban J connectivity index is 1.70. The van der Waals surface area contributed by atoms with Gasteiger partial charge in [0.1, 0.15) is 11.3 Å². The summed E-state index contributed by atoms with van der Waals surface area (Å²) in [6, 6.07) is 18.2. The van der Waals surface area contributed by atoms with Crippen LogP contribution in [-0.4, -0.2) is 13.0 Å². The molecule has 3 aromatic carbocycles. The largest absolute Gasteiger partial charge is 0.496 e. The lowest BCUT2D eigenvalue weighted by atomic mass is 9.99. The molecule has 4 aromatic rings. The number of hydrogen-bond donors (Lipinski definition) is 1. The standard InChI is InChI=1S/C28H27NO3/c1-17-6-9-21(10-7-17)24-16-32-27-15-26(31-5)22(14-23(24)27)19(3)13-28(30)29-25-11-8-18(2)12-20(25)4/h6-16H,1-5H3,(H,29,30)/b19-13+. The molecule has 1 aromatic heterocycles. The zero-order valence-electron chi connectivity index (χ0n) is 19.1. The van der Waals surface area contributed by atoms with Crippen molar-refractivity contribution in [3.8, 4) is 16.9 Å². The smallest absolute Gasteiger partial charge is 0.248 e. The van der Waals surface area contributed by atoms with Crippen LogP contribution in [0.1, 0.15) is 29.2 Å². The fourth-order valence-electron chi connectivity index (χ4n) is 3.89. The molecular weight excluding hydrogens is 398 g/mol. The van der Waals surface area contributed by atoms with Crippen molar-refractivity contribution in [2.45, 2.75) is 27.7 Å². The number of ether oxygens (including phenoxy) is 1. The number of amides is 1. The molecule has 1 amide bonds. The normalized spacial score (nSPS) is 11.6. The van der Waals surface area contributed by atoms with Gasteiger partial charge in [0.2, 0.25) is 5.91 Å². The van der Waals surface area contributed by atoms with E-state index in [0.29, 0.717) is 5.75 Å². The minimum absolute atomic E-state index is 0.178. The van der Waals surface area contributed by atoms with Gasteiger partial charge in [0, 0.05) is 34.3 Å². The van der Waals surface area contributed by atoms with Crippen LogP contribution in [0.5, 0.6) is 5.75 Å². The number of aryl methyl sites for hydroxylation is 3. The zero-order valence-corrected chi connectivity index (χ0v) is 19.1. The summed E-state index contributed by atoms with van der Waals surface area (Å²) in [4.78, 5) is 12.7. The molecule has 162 valence electrons. The third-order valence-corrected chi connectivity index (χ3v) is 5.67. The predicted molar refractivity (Wildman–Crippen MR) is 131 cm³/mol. The van der Waals surface area contributed by atoms with E-state index in [9.17, 15) is 4.79 Å². The average molecular weight is 426 g/mol. The van der Waals surface area contributed by atoms with Gasteiger partial charge in [-0.3, -0.25) is 4.79 Å². The topological polar surface area (TPSA) is 51.5 Å². The number of benzene rings is 3. The van der Waals surface area contributed by atoms with Crippen molar-refractivity contribution in [2.24, 2.45) is 0 Å². The van der Waals surface area contributed by atoms with Crippen LogP contribution in [0.15, 0.2) is 71.4 Å². The maximum Gasteiger partial charge on any atom is 0.248 e. The maximum absolute atomic E-state index is 12.7. The molecule has 0 fully saturated rings. The average Bonchev–Trinajstić information content (AvgIpc) is 3.18. The summed E-state index contributed by atoms with van der Waals surface area (Å²) in [5.41, 5.74) is 8.71. The Bertz CT molecular complexity index is 1330. The monoisotopic (exact) mass is 425 g/mol. The molecule has 4 nitrogen and oxygen atoms in total. The second-order valence-electron chi connectivity index (χ2n) is 8.20. The summed E-state index contributed by atoms with van der Waals surface area (Å²) in [7, 11) is 1.62. The van der Waals surface area contributed by atoms with Crippen LogP contribution >= 0.6 is 0 Å². The number of rotatable bonds is 5. The van der Waals surface area contributed by atoms with Gasteiger partial charge in [0.15, 0.2) is 0 Å². The van der Waals surface area contributed by atoms with Crippen LogP contribution < -0.4 is 10.1 Å². The molecule has 0 saturated heterocycles. The number of hydrogen-bond acceptors (Lipinski definition) is 3. The Morgan fingerprint density at radius 2 is 1.69 bits per heavy atom. The molecule has 0 spiro atoms. The molecule has 4 heteroatoms. The van der Waals surface area contributed by atoms with Crippen molar-refractivity contribution < 1.29 is 13.9 Å². The number of fused-ring (bicyclic) bond motifs is 1. The van der Waals surface area contributed by atoms with E-state index in [1.807, 2.05) is 45.0 Å². The molecule has 32 heavy (non-hydrogen) atoms.